The largest absolute Gasteiger partial charge is 0.356 e. The number of hydrogen-bond acceptors (Lipinski definition) is 5. The smallest absolute Gasteiger partial charge is 0.260 e. The van der Waals surface area contributed by atoms with Crippen molar-refractivity contribution in [1.82, 2.24) is 15.3 Å². The van der Waals surface area contributed by atoms with Gasteiger partial charge in [-0.1, -0.05) is 74.9 Å². The number of aromatic nitrogens is 3. The van der Waals surface area contributed by atoms with Gasteiger partial charge in [0.05, 0.1) is 10.0 Å². The van der Waals surface area contributed by atoms with Crippen LogP contribution in [0.4, 0.5) is 0 Å². The average Bonchev–Trinajstić information content (AvgIpc) is 3.31. The highest BCUT2D eigenvalue weighted by molar-refractivity contribution is 6.43. The van der Waals surface area contributed by atoms with Crippen LogP contribution < -0.4 is 0 Å². The molecule has 4 rings (SSSR count). The van der Waals surface area contributed by atoms with Gasteiger partial charge in [0.15, 0.2) is 10.6 Å². The summed E-state index contributed by atoms with van der Waals surface area (Å²) in [5.41, 5.74) is 3.75. The summed E-state index contributed by atoms with van der Waals surface area (Å²) in [5.74, 6) is 1.14. The van der Waals surface area contributed by atoms with Gasteiger partial charge in [-0.25, -0.2) is 0 Å². The molecule has 0 aliphatic carbocycles. The Kier molecular flexibility index (Phi) is 5.34. The van der Waals surface area contributed by atoms with Gasteiger partial charge in [-0.2, -0.15) is 4.98 Å². The van der Waals surface area contributed by atoms with Crippen LogP contribution in [-0.4, -0.2) is 15.3 Å². The van der Waals surface area contributed by atoms with Crippen molar-refractivity contribution < 1.29 is 9.05 Å². The van der Waals surface area contributed by atoms with Crippen LogP contribution in [0.3, 0.4) is 0 Å². The lowest BCUT2D eigenvalue weighted by Gasteiger charge is -2.03. The summed E-state index contributed by atoms with van der Waals surface area (Å²) in [6, 6.07) is 12.7. The molecular formula is C19H11Cl4N3O2. The summed E-state index contributed by atoms with van der Waals surface area (Å²) >= 11 is 24.0. The molecule has 2 heterocycles. The summed E-state index contributed by atoms with van der Waals surface area (Å²) in [6.07, 6.45) is 0. The summed E-state index contributed by atoms with van der Waals surface area (Å²) in [7, 11) is 0. The van der Waals surface area contributed by atoms with Crippen molar-refractivity contribution in [1.29, 1.82) is 0 Å². The Morgan fingerprint density at radius 3 is 2.32 bits per heavy atom. The third-order valence-electron chi connectivity index (χ3n) is 4.11. The number of rotatable bonds is 4. The van der Waals surface area contributed by atoms with Crippen molar-refractivity contribution >= 4 is 46.4 Å². The van der Waals surface area contributed by atoms with Gasteiger partial charge in [0.25, 0.3) is 5.89 Å². The minimum Gasteiger partial charge on any atom is -0.356 e. The molecule has 0 saturated carbocycles. The average molecular weight is 455 g/mol. The van der Waals surface area contributed by atoms with Crippen molar-refractivity contribution in [2.75, 3.05) is 0 Å². The quantitative estimate of drug-likeness (QED) is 0.306. The summed E-state index contributed by atoms with van der Waals surface area (Å²) in [5, 5.41) is 9.02. The second kappa shape index (κ2) is 7.76. The van der Waals surface area contributed by atoms with Crippen LogP contribution in [0.25, 0.3) is 34.0 Å². The first-order valence-corrected chi connectivity index (χ1v) is 9.71. The fourth-order valence-corrected chi connectivity index (χ4v) is 3.55. The lowest BCUT2D eigenvalue weighted by Crippen LogP contribution is -1.87. The monoisotopic (exact) mass is 453 g/mol. The lowest BCUT2D eigenvalue weighted by molar-refractivity contribution is 0.388. The van der Waals surface area contributed by atoms with Crippen LogP contribution in [0.5, 0.6) is 0 Å². The standard InChI is InChI=1S/C19H11Cl4N3O2/c1-9-7-10(18-24-19(17(22)23)28-26-18)5-6-11(9)15-8-14(25-27-15)16-12(20)3-2-4-13(16)21/h2-8,17H,1H3. The Morgan fingerprint density at radius 1 is 0.929 bits per heavy atom. The number of aryl methyl sites for hydroxylation is 1. The van der Waals surface area contributed by atoms with Crippen LogP contribution >= 0.6 is 46.4 Å². The van der Waals surface area contributed by atoms with Crippen LogP contribution in [0.1, 0.15) is 16.3 Å². The second-order valence-electron chi connectivity index (χ2n) is 5.96. The van der Waals surface area contributed by atoms with Crippen molar-refractivity contribution in [2.24, 2.45) is 0 Å². The maximum absolute atomic E-state index is 6.26. The molecule has 28 heavy (non-hydrogen) atoms. The Labute approximate surface area is 180 Å². The van der Waals surface area contributed by atoms with E-state index in [4.69, 9.17) is 55.4 Å². The van der Waals surface area contributed by atoms with Gasteiger partial charge in [0, 0.05) is 22.8 Å². The SMILES string of the molecule is Cc1cc(-c2noc(C(Cl)Cl)n2)ccc1-c1cc(-c2c(Cl)cccc2Cl)no1. The van der Waals surface area contributed by atoms with Gasteiger partial charge < -0.3 is 9.05 Å². The number of benzene rings is 2. The molecule has 0 unspecified atom stereocenters. The van der Waals surface area contributed by atoms with Gasteiger partial charge in [-0.3, -0.25) is 0 Å². The maximum Gasteiger partial charge on any atom is 0.260 e. The molecule has 5 nitrogen and oxygen atoms in total. The molecule has 2 aromatic carbocycles. The molecule has 4 aromatic rings. The van der Waals surface area contributed by atoms with E-state index in [2.05, 4.69) is 15.3 Å². The first-order valence-electron chi connectivity index (χ1n) is 8.08. The van der Waals surface area contributed by atoms with Crippen LogP contribution in [0, 0.1) is 6.92 Å². The normalized spacial score (nSPS) is 11.4. The van der Waals surface area contributed by atoms with E-state index in [-0.39, 0.29) is 5.89 Å². The predicted octanol–water partition coefficient (Wildman–Crippen LogP) is 7.15. The van der Waals surface area contributed by atoms with E-state index in [0.717, 1.165) is 16.7 Å². The molecule has 0 aliphatic rings. The number of hydrogen-bond donors (Lipinski definition) is 0. The zero-order valence-corrected chi connectivity index (χ0v) is 17.3. The van der Waals surface area contributed by atoms with Crippen molar-refractivity contribution in [2.45, 2.75) is 11.8 Å². The summed E-state index contributed by atoms with van der Waals surface area (Å²) < 4.78 is 10.6. The van der Waals surface area contributed by atoms with E-state index in [1.807, 2.05) is 25.1 Å². The topological polar surface area (TPSA) is 65.0 Å². The highest BCUT2D eigenvalue weighted by Crippen LogP contribution is 2.37. The zero-order chi connectivity index (χ0) is 19.8. The molecule has 0 atom stereocenters. The van der Waals surface area contributed by atoms with Gasteiger partial charge in [-0.05, 0) is 30.7 Å². The van der Waals surface area contributed by atoms with Gasteiger partial charge in [-0.15, -0.1) is 0 Å². The van der Waals surface area contributed by atoms with Crippen molar-refractivity contribution in [3.8, 4) is 34.0 Å². The van der Waals surface area contributed by atoms with Crippen molar-refractivity contribution in [3.05, 3.63) is 64.0 Å². The summed E-state index contributed by atoms with van der Waals surface area (Å²) in [6.45, 7) is 1.94. The van der Waals surface area contributed by atoms with E-state index in [9.17, 15) is 0 Å². The molecular weight excluding hydrogens is 444 g/mol. The maximum atomic E-state index is 6.26. The molecule has 0 N–H and O–H groups in total. The lowest BCUT2D eigenvalue weighted by atomic mass is 10.0. The van der Waals surface area contributed by atoms with E-state index in [1.54, 1.807) is 24.3 Å². The number of alkyl halides is 2. The fraction of sp³-hybridized carbons (Fsp3) is 0.105. The zero-order valence-electron chi connectivity index (χ0n) is 14.3. The highest BCUT2D eigenvalue weighted by Gasteiger charge is 2.18. The molecule has 142 valence electrons. The Hall–Kier alpha value is -2.05. The van der Waals surface area contributed by atoms with Gasteiger partial charge >= 0.3 is 0 Å². The first kappa shape index (κ1) is 19.3. The Morgan fingerprint density at radius 2 is 1.68 bits per heavy atom. The molecule has 0 saturated heterocycles. The molecule has 0 fully saturated rings. The highest BCUT2D eigenvalue weighted by atomic mass is 35.5. The Bertz CT molecular complexity index is 1130. The third kappa shape index (κ3) is 3.63. The van der Waals surface area contributed by atoms with Crippen LogP contribution in [0.15, 0.2) is 51.5 Å². The minimum atomic E-state index is -0.870. The van der Waals surface area contributed by atoms with E-state index in [1.165, 1.54) is 0 Å². The minimum absolute atomic E-state index is 0.150. The molecule has 0 amide bonds. The van der Waals surface area contributed by atoms with E-state index >= 15 is 0 Å². The molecule has 0 bridgehead atoms. The molecule has 0 aliphatic heterocycles. The predicted molar refractivity (Wildman–Crippen MR) is 110 cm³/mol. The third-order valence-corrected chi connectivity index (χ3v) is 5.11. The van der Waals surface area contributed by atoms with Crippen molar-refractivity contribution in [3.63, 3.8) is 0 Å². The van der Waals surface area contributed by atoms with Gasteiger partial charge in [0.2, 0.25) is 5.82 Å². The van der Waals surface area contributed by atoms with Gasteiger partial charge in [0.1, 0.15) is 5.69 Å². The molecule has 2 aromatic heterocycles. The second-order valence-corrected chi connectivity index (χ2v) is 7.87. The van der Waals surface area contributed by atoms with E-state index in [0.29, 0.717) is 32.9 Å². The first-order chi connectivity index (χ1) is 13.4. The molecule has 0 radical (unpaired) electrons. The summed E-state index contributed by atoms with van der Waals surface area (Å²) in [4.78, 5) is 3.31. The molecule has 9 heteroatoms. The fourth-order valence-electron chi connectivity index (χ4n) is 2.78. The van der Waals surface area contributed by atoms with Crippen LogP contribution in [-0.2, 0) is 0 Å². The molecule has 0 spiro atoms. The number of nitrogens with zero attached hydrogens (tertiary/aromatic N) is 3. The van der Waals surface area contributed by atoms with Crippen LogP contribution in [0.2, 0.25) is 10.0 Å². The Balaban J connectivity index is 1.68. The van der Waals surface area contributed by atoms with E-state index < -0.39 is 4.84 Å². The number of halogens is 4.